The Morgan fingerprint density at radius 1 is 1.20 bits per heavy atom. The molecule has 0 fully saturated rings. The standard InChI is InChI=1S/C13H8Br2ClFN2O/c14-8-4-7(18)5-9(15)12(8)19-13(20)6-1-2-10(16)11(17)3-6/h1-5H,18H2,(H,19,20). The summed E-state index contributed by atoms with van der Waals surface area (Å²) >= 11 is 12.2. The molecule has 104 valence electrons. The Bertz CT molecular complexity index is 671. The van der Waals surface area contributed by atoms with Crippen molar-refractivity contribution in [2.24, 2.45) is 0 Å². The molecule has 0 aliphatic rings. The quantitative estimate of drug-likeness (QED) is 0.681. The van der Waals surface area contributed by atoms with Crippen LogP contribution in [0.4, 0.5) is 15.8 Å². The summed E-state index contributed by atoms with van der Waals surface area (Å²) in [6.07, 6.45) is 0. The van der Waals surface area contributed by atoms with Crippen LogP contribution in [0.1, 0.15) is 10.4 Å². The Morgan fingerprint density at radius 3 is 2.35 bits per heavy atom. The summed E-state index contributed by atoms with van der Waals surface area (Å²) in [6, 6.07) is 7.17. The number of nitrogens with one attached hydrogen (secondary N) is 1. The van der Waals surface area contributed by atoms with Gasteiger partial charge in [0, 0.05) is 20.2 Å². The summed E-state index contributed by atoms with van der Waals surface area (Å²) < 4.78 is 14.6. The van der Waals surface area contributed by atoms with E-state index in [4.69, 9.17) is 17.3 Å². The molecular weight excluding hydrogens is 414 g/mol. The fourth-order valence-electron chi connectivity index (χ4n) is 1.54. The first-order chi connectivity index (χ1) is 9.38. The summed E-state index contributed by atoms with van der Waals surface area (Å²) in [7, 11) is 0. The molecule has 2 rings (SSSR count). The van der Waals surface area contributed by atoms with Crippen LogP contribution in [0.25, 0.3) is 0 Å². The number of hydrogen-bond donors (Lipinski definition) is 2. The van der Waals surface area contributed by atoms with Crippen molar-refractivity contribution in [2.45, 2.75) is 0 Å². The normalized spacial score (nSPS) is 10.4. The summed E-state index contributed by atoms with van der Waals surface area (Å²) in [4.78, 5) is 12.1. The smallest absolute Gasteiger partial charge is 0.255 e. The van der Waals surface area contributed by atoms with Gasteiger partial charge in [-0.3, -0.25) is 4.79 Å². The average molecular weight is 422 g/mol. The number of nitrogen functional groups attached to an aromatic ring is 1. The average Bonchev–Trinajstić information content (AvgIpc) is 2.36. The highest BCUT2D eigenvalue weighted by atomic mass is 79.9. The first-order valence-corrected chi connectivity index (χ1v) is 7.36. The molecule has 2 aromatic carbocycles. The topological polar surface area (TPSA) is 55.1 Å². The number of nitrogens with two attached hydrogens (primary N) is 1. The van der Waals surface area contributed by atoms with E-state index in [1.165, 1.54) is 12.1 Å². The number of carbonyl (C=O) groups excluding carboxylic acids is 1. The van der Waals surface area contributed by atoms with Crippen LogP contribution in [0.5, 0.6) is 0 Å². The van der Waals surface area contributed by atoms with Gasteiger partial charge in [-0.15, -0.1) is 0 Å². The second-order valence-corrected chi connectivity index (χ2v) is 6.06. The Balaban J connectivity index is 2.30. The highest BCUT2D eigenvalue weighted by Gasteiger charge is 2.13. The molecule has 0 atom stereocenters. The summed E-state index contributed by atoms with van der Waals surface area (Å²) in [5.74, 6) is -1.10. The van der Waals surface area contributed by atoms with Crippen LogP contribution in [-0.2, 0) is 0 Å². The minimum atomic E-state index is -0.644. The largest absolute Gasteiger partial charge is 0.399 e. The minimum Gasteiger partial charge on any atom is -0.399 e. The van der Waals surface area contributed by atoms with Crippen molar-refractivity contribution in [3.63, 3.8) is 0 Å². The molecule has 0 bridgehead atoms. The van der Waals surface area contributed by atoms with Crippen LogP contribution >= 0.6 is 43.5 Å². The number of rotatable bonds is 2. The van der Waals surface area contributed by atoms with Crippen molar-refractivity contribution in [2.75, 3.05) is 11.1 Å². The predicted octanol–water partition coefficient (Wildman–Crippen LogP) is 4.84. The number of anilines is 2. The third kappa shape index (κ3) is 3.31. The molecule has 0 heterocycles. The van der Waals surface area contributed by atoms with Gasteiger partial charge in [0.1, 0.15) is 5.82 Å². The zero-order valence-electron chi connectivity index (χ0n) is 9.88. The fourth-order valence-corrected chi connectivity index (χ4v) is 3.07. The van der Waals surface area contributed by atoms with Crippen LogP contribution in [0.3, 0.4) is 0 Å². The van der Waals surface area contributed by atoms with E-state index in [0.29, 0.717) is 20.3 Å². The summed E-state index contributed by atoms with van der Waals surface area (Å²) in [5.41, 5.74) is 6.89. The van der Waals surface area contributed by atoms with Crippen molar-refractivity contribution in [1.82, 2.24) is 0 Å². The number of carbonyl (C=O) groups is 1. The molecule has 1 amide bonds. The first kappa shape index (κ1) is 15.3. The van der Waals surface area contributed by atoms with Crippen molar-refractivity contribution >= 4 is 60.7 Å². The van der Waals surface area contributed by atoms with Crippen LogP contribution in [0.15, 0.2) is 39.3 Å². The van der Waals surface area contributed by atoms with Gasteiger partial charge in [0.15, 0.2) is 0 Å². The molecular formula is C13H8Br2ClFN2O. The molecule has 0 unspecified atom stereocenters. The van der Waals surface area contributed by atoms with E-state index >= 15 is 0 Å². The zero-order chi connectivity index (χ0) is 14.9. The molecule has 0 saturated carbocycles. The maximum Gasteiger partial charge on any atom is 0.255 e. The van der Waals surface area contributed by atoms with Gasteiger partial charge in [0.25, 0.3) is 5.91 Å². The summed E-state index contributed by atoms with van der Waals surface area (Å²) in [6.45, 7) is 0. The SMILES string of the molecule is Nc1cc(Br)c(NC(=O)c2ccc(Cl)c(F)c2)c(Br)c1. The molecule has 2 aromatic rings. The van der Waals surface area contributed by atoms with E-state index in [0.717, 1.165) is 6.07 Å². The van der Waals surface area contributed by atoms with E-state index in [-0.39, 0.29) is 10.6 Å². The third-order valence-corrected chi connectivity index (χ3v) is 4.04. The molecule has 3 nitrogen and oxygen atoms in total. The van der Waals surface area contributed by atoms with Crippen LogP contribution < -0.4 is 11.1 Å². The van der Waals surface area contributed by atoms with Gasteiger partial charge in [-0.2, -0.15) is 0 Å². The highest BCUT2D eigenvalue weighted by molar-refractivity contribution is 9.11. The van der Waals surface area contributed by atoms with Gasteiger partial charge >= 0.3 is 0 Å². The lowest BCUT2D eigenvalue weighted by Gasteiger charge is -2.11. The van der Waals surface area contributed by atoms with Gasteiger partial charge in [0.2, 0.25) is 0 Å². The van der Waals surface area contributed by atoms with E-state index < -0.39 is 11.7 Å². The number of amides is 1. The molecule has 0 spiro atoms. The molecule has 0 saturated heterocycles. The van der Waals surface area contributed by atoms with Crippen molar-refractivity contribution in [3.8, 4) is 0 Å². The number of halogens is 4. The first-order valence-electron chi connectivity index (χ1n) is 5.39. The van der Waals surface area contributed by atoms with Gasteiger partial charge in [-0.1, -0.05) is 11.6 Å². The van der Waals surface area contributed by atoms with Crippen LogP contribution in [0.2, 0.25) is 5.02 Å². The summed E-state index contributed by atoms with van der Waals surface area (Å²) in [5, 5.41) is 2.64. The molecule has 0 aliphatic carbocycles. The van der Waals surface area contributed by atoms with E-state index in [1.54, 1.807) is 12.1 Å². The Labute approximate surface area is 136 Å². The minimum absolute atomic E-state index is 0.0311. The van der Waals surface area contributed by atoms with Crippen molar-refractivity contribution in [3.05, 3.63) is 55.7 Å². The van der Waals surface area contributed by atoms with Gasteiger partial charge in [-0.05, 0) is 62.2 Å². The van der Waals surface area contributed by atoms with Crippen LogP contribution in [0, 0.1) is 5.82 Å². The van der Waals surface area contributed by atoms with E-state index in [9.17, 15) is 9.18 Å². The predicted molar refractivity (Wildman–Crippen MR) is 85.6 cm³/mol. The molecule has 0 aromatic heterocycles. The second-order valence-electron chi connectivity index (χ2n) is 3.94. The highest BCUT2D eigenvalue weighted by Crippen LogP contribution is 2.33. The Kier molecular flexibility index (Phi) is 4.67. The second kappa shape index (κ2) is 6.11. The van der Waals surface area contributed by atoms with Gasteiger partial charge in [0.05, 0.1) is 10.7 Å². The lowest BCUT2D eigenvalue weighted by atomic mass is 10.2. The monoisotopic (exact) mass is 420 g/mol. The van der Waals surface area contributed by atoms with E-state index in [1.807, 2.05) is 0 Å². The molecule has 0 aliphatic heterocycles. The fraction of sp³-hybridized carbons (Fsp3) is 0. The van der Waals surface area contributed by atoms with Crippen molar-refractivity contribution < 1.29 is 9.18 Å². The van der Waals surface area contributed by atoms with E-state index in [2.05, 4.69) is 37.2 Å². The maximum absolute atomic E-state index is 13.3. The van der Waals surface area contributed by atoms with Crippen LogP contribution in [-0.4, -0.2) is 5.91 Å². The molecule has 0 radical (unpaired) electrons. The third-order valence-electron chi connectivity index (χ3n) is 2.48. The Morgan fingerprint density at radius 2 is 1.80 bits per heavy atom. The molecule has 3 N–H and O–H groups in total. The number of benzene rings is 2. The van der Waals surface area contributed by atoms with Gasteiger partial charge < -0.3 is 11.1 Å². The van der Waals surface area contributed by atoms with Gasteiger partial charge in [-0.25, -0.2) is 4.39 Å². The lowest BCUT2D eigenvalue weighted by molar-refractivity contribution is 0.102. The lowest BCUT2D eigenvalue weighted by Crippen LogP contribution is -2.13. The van der Waals surface area contributed by atoms with Crippen molar-refractivity contribution in [1.29, 1.82) is 0 Å². The zero-order valence-corrected chi connectivity index (χ0v) is 13.8. The number of hydrogen-bond acceptors (Lipinski definition) is 2. The molecule has 20 heavy (non-hydrogen) atoms. The maximum atomic E-state index is 13.3. The molecule has 7 heteroatoms. The Hall–Kier alpha value is -1.11.